The lowest BCUT2D eigenvalue weighted by molar-refractivity contribution is -0.123. The van der Waals surface area contributed by atoms with Gasteiger partial charge < -0.3 is 15.4 Å². The summed E-state index contributed by atoms with van der Waals surface area (Å²) in [5.74, 6) is 0.434. The van der Waals surface area contributed by atoms with Crippen LogP contribution < -0.4 is 15.4 Å². The van der Waals surface area contributed by atoms with E-state index in [2.05, 4.69) is 15.6 Å². The highest BCUT2D eigenvalue weighted by Gasteiger charge is 2.16. The van der Waals surface area contributed by atoms with Gasteiger partial charge in [0.25, 0.3) is 5.91 Å². The van der Waals surface area contributed by atoms with Crippen LogP contribution in [0.15, 0.2) is 42.6 Å². The van der Waals surface area contributed by atoms with Gasteiger partial charge in [-0.2, -0.15) is 0 Å². The minimum Gasteiger partial charge on any atom is -0.484 e. The number of nitrogens with zero attached hydrogens (tertiary/aromatic N) is 1. The van der Waals surface area contributed by atoms with Crippen molar-refractivity contribution in [3.63, 3.8) is 0 Å². The summed E-state index contributed by atoms with van der Waals surface area (Å²) < 4.78 is 5.55. The molecule has 124 valence electrons. The molecule has 1 aliphatic rings. The molecule has 0 saturated carbocycles. The van der Waals surface area contributed by atoms with E-state index in [9.17, 15) is 9.59 Å². The van der Waals surface area contributed by atoms with Crippen LogP contribution in [-0.2, 0) is 16.0 Å². The molecule has 1 aliphatic heterocycles. The van der Waals surface area contributed by atoms with Crippen molar-refractivity contribution in [3.05, 3.63) is 53.9 Å². The van der Waals surface area contributed by atoms with E-state index in [1.807, 2.05) is 31.2 Å². The van der Waals surface area contributed by atoms with Gasteiger partial charge in [0, 0.05) is 18.3 Å². The van der Waals surface area contributed by atoms with Crippen LogP contribution in [0.1, 0.15) is 30.6 Å². The number of carbonyl (C=O) groups is 2. The van der Waals surface area contributed by atoms with Crippen molar-refractivity contribution in [2.45, 2.75) is 25.8 Å². The highest BCUT2D eigenvalue weighted by Crippen LogP contribution is 2.26. The fourth-order valence-corrected chi connectivity index (χ4v) is 2.59. The molecule has 6 nitrogen and oxygen atoms in total. The summed E-state index contributed by atoms with van der Waals surface area (Å²) in [6.45, 7) is 1.81. The fraction of sp³-hybridized carbons (Fsp3) is 0.278. The molecule has 3 rings (SSSR count). The molecule has 1 atom stereocenters. The summed E-state index contributed by atoms with van der Waals surface area (Å²) in [5, 5.41) is 5.67. The summed E-state index contributed by atoms with van der Waals surface area (Å²) in [6, 6.07) is 10.8. The van der Waals surface area contributed by atoms with Crippen molar-refractivity contribution in [1.29, 1.82) is 0 Å². The van der Waals surface area contributed by atoms with Crippen LogP contribution >= 0.6 is 0 Å². The third kappa shape index (κ3) is 3.90. The Kier molecular flexibility index (Phi) is 4.74. The molecule has 0 unspecified atom stereocenters. The van der Waals surface area contributed by atoms with Gasteiger partial charge in [0.05, 0.1) is 11.7 Å². The van der Waals surface area contributed by atoms with Gasteiger partial charge >= 0.3 is 0 Å². The Morgan fingerprint density at radius 1 is 1.33 bits per heavy atom. The summed E-state index contributed by atoms with van der Waals surface area (Å²) in [7, 11) is 0. The highest BCUT2D eigenvalue weighted by atomic mass is 16.5. The number of benzene rings is 1. The molecule has 0 bridgehead atoms. The van der Waals surface area contributed by atoms with Crippen LogP contribution in [0.5, 0.6) is 5.75 Å². The van der Waals surface area contributed by atoms with Crippen LogP contribution in [0.3, 0.4) is 0 Å². The number of amides is 2. The molecule has 24 heavy (non-hydrogen) atoms. The lowest BCUT2D eigenvalue weighted by Crippen LogP contribution is -2.31. The van der Waals surface area contributed by atoms with Gasteiger partial charge in [-0.05, 0) is 49.2 Å². The van der Waals surface area contributed by atoms with Crippen molar-refractivity contribution in [1.82, 2.24) is 10.3 Å². The predicted molar refractivity (Wildman–Crippen MR) is 89.7 cm³/mol. The minimum atomic E-state index is -0.209. The first-order valence-corrected chi connectivity index (χ1v) is 7.87. The standard InChI is InChI=1S/C18H19N3O3/c1-12(15-4-2-3-9-19-15)20-18(23)11-24-14-6-7-16-13(10-14)5-8-17(22)21-16/h2-4,6-7,9-10,12H,5,8,11H2,1H3,(H,20,23)(H,21,22)/t12-/m0/s1. The maximum Gasteiger partial charge on any atom is 0.258 e. The molecule has 1 aromatic heterocycles. The van der Waals surface area contributed by atoms with Crippen molar-refractivity contribution in [2.75, 3.05) is 11.9 Å². The first-order valence-electron chi connectivity index (χ1n) is 7.87. The average Bonchev–Trinajstić information content (AvgIpc) is 2.60. The van der Waals surface area contributed by atoms with E-state index >= 15 is 0 Å². The van der Waals surface area contributed by atoms with E-state index in [4.69, 9.17) is 4.74 Å². The Labute approximate surface area is 140 Å². The second-order valence-electron chi connectivity index (χ2n) is 5.70. The van der Waals surface area contributed by atoms with E-state index in [1.165, 1.54) is 0 Å². The number of anilines is 1. The number of rotatable bonds is 5. The first-order chi connectivity index (χ1) is 11.6. The summed E-state index contributed by atoms with van der Waals surface area (Å²) in [5.41, 5.74) is 2.64. The monoisotopic (exact) mass is 325 g/mol. The zero-order chi connectivity index (χ0) is 16.9. The quantitative estimate of drug-likeness (QED) is 0.883. The van der Waals surface area contributed by atoms with E-state index in [1.54, 1.807) is 18.3 Å². The number of hydrogen-bond donors (Lipinski definition) is 2. The first kappa shape index (κ1) is 16.0. The van der Waals surface area contributed by atoms with Gasteiger partial charge in [0.2, 0.25) is 5.91 Å². The largest absolute Gasteiger partial charge is 0.484 e. The highest BCUT2D eigenvalue weighted by molar-refractivity contribution is 5.94. The van der Waals surface area contributed by atoms with Gasteiger partial charge in [-0.1, -0.05) is 6.07 Å². The zero-order valence-electron chi connectivity index (χ0n) is 13.4. The van der Waals surface area contributed by atoms with Crippen molar-refractivity contribution < 1.29 is 14.3 Å². The van der Waals surface area contributed by atoms with Crippen LogP contribution in [-0.4, -0.2) is 23.4 Å². The van der Waals surface area contributed by atoms with Crippen molar-refractivity contribution in [3.8, 4) is 5.75 Å². The number of nitrogens with one attached hydrogen (secondary N) is 2. The number of fused-ring (bicyclic) bond motifs is 1. The fourth-order valence-electron chi connectivity index (χ4n) is 2.59. The Hall–Kier alpha value is -2.89. The van der Waals surface area contributed by atoms with E-state index in [0.29, 0.717) is 18.6 Å². The Morgan fingerprint density at radius 2 is 2.21 bits per heavy atom. The van der Waals surface area contributed by atoms with Gasteiger partial charge in [-0.15, -0.1) is 0 Å². The molecule has 2 N–H and O–H groups in total. The van der Waals surface area contributed by atoms with Gasteiger partial charge in [-0.25, -0.2) is 0 Å². The third-order valence-electron chi connectivity index (χ3n) is 3.85. The summed E-state index contributed by atoms with van der Waals surface area (Å²) in [6.07, 6.45) is 2.85. The number of hydrogen-bond acceptors (Lipinski definition) is 4. The van der Waals surface area contributed by atoms with Crippen LogP contribution in [0, 0.1) is 0 Å². The topological polar surface area (TPSA) is 80.3 Å². The molecule has 0 fully saturated rings. The number of carbonyl (C=O) groups excluding carboxylic acids is 2. The summed E-state index contributed by atoms with van der Waals surface area (Å²) >= 11 is 0. The van der Waals surface area contributed by atoms with E-state index in [-0.39, 0.29) is 24.5 Å². The van der Waals surface area contributed by atoms with Crippen molar-refractivity contribution in [2.24, 2.45) is 0 Å². The Bertz CT molecular complexity index is 746. The Morgan fingerprint density at radius 3 is 3.00 bits per heavy atom. The molecule has 6 heteroatoms. The minimum absolute atomic E-state index is 0.0269. The molecule has 0 aliphatic carbocycles. The third-order valence-corrected chi connectivity index (χ3v) is 3.85. The molecular weight excluding hydrogens is 306 g/mol. The van der Waals surface area contributed by atoms with Crippen LogP contribution in [0.25, 0.3) is 0 Å². The molecule has 0 spiro atoms. The van der Waals surface area contributed by atoms with Gasteiger partial charge in [0.15, 0.2) is 6.61 Å². The maximum atomic E-state index is 12.0. The normalized spacial score (nSPS) is 14.3. The number of pyridine rings is 1. The SMILES string of the molecule is C[C@H](NC(=O)COc1ccc2c(c1)CCC(=O)N2)c1ccccn1. The molecule has 0 saturated heterocycles. The smallest absolute Gasteiger partial charge is 0.258 e. The number of aryl methyl sites for hydroxylation is 1. The van der Waals surface area contributed by atoms with Gasteiger partial charge in [0.1, 0.15) is 5.75 Å². The van der Waals surface area contributed by atoms with Gasteiger partial charge in [-0.3, -0.25) is 14.6 Å². The van der Waals surface area contributed by atoms with Crippen LogP contribution in [0.2, 0.25) is 0 Å². The lowest BCUT2D eigenvalue weighted by atomic mass is 10.0. The summed E-state index contributed by atoms with van der Waals surface area (Å²) in [4.78, 5) is 27.6. The van der Waals surface area contributed by atoms with E-state index < -0.39 is 0 Å². The molecular formula is C18H19N3O3. The molecule has 2 aromatic rings. The second-order valence-corrected chi connectivity index (χ2v) is 5.70. The maximum absolute atomic E-state index is 12.0. The van der Waals surface area contributed by atoms with Crippen LogP contribution in [0.4, 0.5) is 5.69 Å². The van der Waals surface area contributed by atoms with E-state index in [0.717, 1.165) is 16.9 Å². The Balaban J connectivity index is 1.54. The molecule has 0 radical (unpaired) electrons. The lowest BCUT2D eigenvalue weighted by Gasteiger charge is -2.18. The average molecular weight is 325 g/mol. The molecule has 1 aromatic carbocycles. The number of ether oxygens (including phenoxy) is 1. The molecule has 2 heterocycles. The molecule has 2 amide bonds. The van der Waals surface area contributed by atoms with Crippen molar-refractivity contribution >= 4 is 17.5 Å². The second kappa shape index (κ2) is 7.12. The number of aromatic nitrogens is 1. The zero-order valence-corrected chi connectivity index (χ0v) is 13.4. The predicted octanol–water partition coefficient (Wildman–Crippen LogP) is 2.22.